The van der Waals surface area contributed by atoms with Gasteiger partial charge in [-0.1, -0.05) is 0 Å². The summed E-state index contributed by atoms with van der Waals surface area (Å²) in [6.45, 7) is 5.51. The zero-order chi connectivity index (χ0) is 10.1. The topological polar surface area (TPSA) is 23.6 Å². The third-order valence-corrected chi connectivity index (χ3v) is 3.22. The molecule has 14 heavy (non-hydrogen) atoms. The minimum atomic E-state index is -0.373. The van der Waals surface area contributed by atoms with Crippen molar-refractivity contribution in [3.8, 4) is 0 Å². The number of amides is 1. The predicted molar refractivity (Wildman–Crippen MR) is 56.5 cm³/mol. The van der Waals surface area contributed by atoms with Crippen molar-refractivity contribution < 1.29 is 4.79 Å². The van der Waals surface area contributed by atoms with Crippen LogP contribution in [0.3, 0.4) is 0 Å². The van der Waals surface area contributed by atoms with E-state index in [2.05, 4.69) is 4.90 Å². The summed E-state index contributed by atoms with van der Waals surface area (Å²) in [7, 11) is 0. The van der Waals surface area contributed by atoms with Crippen molar-refractivity contribution in [2.45, 2.75) is 31.2 Å². The van der Waals surface area contributed by atoms with Crippen LogP contribution in [-0.4, -0.2) is 53.3 Å². The summed E-state index contributed by atoms with van der Waals surface area (Å²) in [5, 5.41) is -0.373. The molecule has 0 bridgehead atoms. The van der Waals surface area contributed by atoms with Gasteiger partial charge in [0.15, 0.2) is 0 Å². The molecule has 1 saturated heterocycles. The minimum Gasteiger partial charge on any atom is -0.339 e. The van der Waals surface area contributed by atoms with Crippen LogP contribution in [0.5, 0.6) is 0 Å². The van der Waals surface area contributed by atoms with Gasteiger partial charge in [-0.25, -0.2) is 0 Å². The molecule has 0 aromatic rings. The van der Waals surface area contributed by atoms with E-state index in [0.717, 1.165) is 32.2 Å². The van der Waals surface area contributed by atoms with Crippen molar-refractivity contribution in [3.63, 3.8) is 0 Å². The quantitative estimate of drug-likeness (QED) is 0.641. The lowest BCUT2D eigenvalue weighted by Crippen LogP contribution is -2.50. The monoisotopic (exact) mass is 216 g/mol. The van der Waals surface area contributed by atoms with E-state index in [1.54, 1.807) is 6.92 Å². The number of piperazine rings is 1. The molecule has 1 aliphatic carbocycles. The molecular weight excluding hydrogens is 200 g/mol. The molecule has 1 saturated carbocycles. The Hall–Kier alpha value is -0.280. The number of alkyl halides is 1. The van der Waals surface area contributed by atoms with Gasteiger partial charge in [0.25, 0.3) is 0 Å². The van der Waals surface area contributed by atoms with Gasteiger partial charge in [-0.15, -0.1) is 11.6 Å². The Bertz CT molecular complexity index is 220. The third-order valence-electron chi connectivity index (χ3n) is 3.03. The van der Waals surface area contributed by atoms with Crippen LogP contribution in [0, 0.1) is 0 Å². The summed E-state index contributed by atoms with van der Waals surface area (Å²) in [6, 6.07) is 0.820. The van der Waals surface area contributed by atoms with Gasteiger partial charge in [0.2, 0.25) is 5.91 Å². The second kappa shape index (κ2) is 4.07. The summed E-state index contributed by atoms with van der Waals surface area (Å²) >= 11 is 5.77. The van der Waals surface area contributed by atoms with Crippen molar-refractivity contribution in [3.05, 3.63) is 0 Å². The highest BCUT2D eigenvalue weighted by molar-refractivity contribution is 6.30. The normalized spacial score (nSPS) is 26.3. The summed E-state index contributed by atoms with van der Waals surface area (Å²) in [6.07, 6.45) is 2.69. The van der Waals surface area contributed by atoms with Gasteiger partial charge >= 0.3 is 0 Å². The molecule has 1 amide bonds. The first-order valence-electron chi connectivity index (χ1n) is 5.35. The van der Waals surface area contributed by atoms with Crippen molar-refractivity contribution in [1.82, 2.24) is 9.80 Å². The highest BCUT2D eigenvalue weighted by atomic mass is 35.5. The second-order valence-corrected chi connectivity index (χ2v) is 4.86. The lowest BCUT2D eigenvalue weighted by atomic mass is 10.3. The number of carbonyl (C=O) groups excluding carboxylic acids is 1. The van der Waals surface area contributed by atoms with Crippen molar-refractivity contribution in [2.24, 2.45) is 0 Å². The van der Waals surface area contributed by atoms with Gasteiger partial charge in [-0.2, -0.15) is 0 Å². The average molecular weight is 217 g/mol. The highest BCUT2D eigenvalue weighted by Crippen LogP contribution is 2.27. The summed E-state index contributed by atoms with van der Waals surface area (Å²) in [5.41, 5.74) is 0. The Labute approximate surface area is 90.0 Å². The average Bonchev–Trinajstić information content (AvgIpc) is 3.00. The molecule has 2 aliphatic rings. The Morgan fingerprint density at radius 1 is 1.29 bits per heavy atom. The first-order valence-corrected chi connectivity index (χ1v) is 5.79. The van der Waals surface area contributed by atoms with Crippen LogP contribution in [-0.2, 0) is 4.79 Å². The molecule has 80 valence electrons. The van der Waals surface area contributed by atoms with Crippen molar-refractivity contribution >= 4 is 17.5 Å². The Morgan fingerprint density at radius 3 is 2.29 bits per heavy atom. The summed E-state index contributed by atoms with van der Waals surface area (Å²) < 4.78 is 0. The molecule has 1 atom stereocenters. The van der Waals surface area contributed by atoms with E-state index in [4.69, 9.17) is 11.6 Å². The standard InChI is InChI=1S/C10H17ClN2O/c1-8(11)10(14)13-6-4-12(5-7-13)9-2-3-9/h8-9H,2-7H2,1H3. The first-order chi connectivity index (χ1) is 6.68. The molecule has 0 N–H and O–H groups in total. The van der Waals surface area contributed by atoms with E-state index in [1.165, 1.54) is 12.8 Å². The van der Waals surface area contributed by atoms with Crippen LogP contribution < -0.4 is 0 Å². The van der Waals surface area contributed by atoms with Crippen molar-refractivity contribution in [2.75, 3.05) is 26.2 Å². The SMILES string of the molecule is CC(Cl)C(=O)N1CCN(C2CC2)CC1. The molecule has 3 nitrogen and oxygen atoms in total. The highest BCUT2D eigenvalue weighted by Gasteiger charge is 2.32. The number of carbonyl (C=O) groups is 1. The van der Waals surface area contributed by atoms with E-state index in [1.807, 2.05) is 4.90 Å². The second-order valence-electron chi connectivity index (χ2n) is 4.21. The summed E-state index contributed by atoms with van der Waals surface area (Å²) in [5.74, 6) is 0.0853. The van der Waals surface area contributed by atoms with Gasteiger partial charge in [0, 0.05) is 32.2 Å². The first kappa shape index (κ1) is 10.2. The fourth-order valence-corrected chi connectivity index (χ4v) is 2.14. The number of rotatable bonds is 2. The van der Waals surface area contributed by atoms with E-state index >= 15 is 0 Å². The molecular formula is C10H17ClN2O. The van der Waals surface area contributed by atoms with Crippen LogP contribution in [0.15, 0.2) is 0 Å². The molecule has 0 aromatic heterocycles. The molecule has 1 aliphatic heterocycles. The van der Waals surface area contributed by atoms with Gasteiger partial charge in [0.05, 0.1) is 0 Å². The number of hydrogen-bond acceptors (Lipinski definition) is 2. The maximum atomic E-state index is 11.6. The molecule has 4 heteroatoms. The van der Waals surface area contributed by atoms with E-state index in [-0.39, 0.29) is 11.3 Å². The van der Waals surface area contributed by atoms with E-state index < -0.39 is 0 Å². The minimum absolute atomic E-state index is 0.0853. The maximum Gasteiger partial charge on any atom is 0.240 e. The molecule has 0 radical (unpaired) electrons. The molecule has 0 spiro atoms. The van der Waals surface area contributed by atoms with E-state index in [0.29, 0.717) is 0 Å². The van der Waals surface area contributed by atoms with Crippen LogP contribution >= 0.6 is 11.6 Å². The Morgan fingerprint density at radius 2 is 1.86 bits per heavy atom. The fraction of sp³-hybridized carbons (Fsp3) is 0.900. The van der Waals surface area contributed by atoms with Gasteiger partial charge in [-0.3, -0.25) is 9.69 Å². The zero-order valence-corrected chi connectivity index (χ0v) is 9.33. The largest absolute Gasteiger partial charge is 0.339 e. The Kier molecular flexibility index (Phi) is 2.98. The Balaban J connectivity index is 1.80. The molecule has 1 unspecified atom stereocenters. The summed E-state index contributed by atoms with van der Waals surface area (Å²) in [4.78, 5) is 15.9. The van der Waals surface area contributed by atoms with Gasteiger partial charge in [-0.05, 0) is 19.8 Å². The molecule has 0 aromatic carbocycles. The number of halogens is 1. The van der Waals surface area contributed by atoms with Crippen LogP contribution in [0.4, 0.5) is 0 Å². The van der Waals surface area contributed by atoms with Crippen LogP contribution in [0.2, 0.25) is 0 Å². The number of nitrogens with zero attached hydrogens (tertiary/aromatic N) is 2. The van der Waals surface area contributed by atoms with Gasteiger partial charge < -0.3 is 4.90 Å². The van der Waals surface area contributed by atoms with E-state index in [9.17, 15) is 4.79 Å². The third kappa shape index (κ3) is 2.20. The van der Waals surface area contributed by atoms with Crippen LogP contribution in [0.1, 0.15) is 19.8 Å². The predicted octanol–water partition coefficient (Wildman–Crippen LogP) is 0.920. The maximum absolute atomic E-state index is 11.6. The molecule has 2 fully saturated rings. The molecule has 1 heterocycles. The fourth-order valence-electron chi connectivity index (χ4n) is 2.00. The number of hydrogen-bond donors (Lipinski definition) is 0. The van der Waals surface area contributed by atoms with Crippen LogP contribution in [0.25, 0.3) is 0 Å². The van der Waals surface area contributed by atoms with Gasteiger partial charge in [0.1, 0.15) is 5.38 Å². The van der Waals surface area contributed by atoms with Crippen molar-refractivity contribution in [1.29, 1.82) is 0 Å². The zero-order valence-electron chi connectivity index (χ0n) is 8.58. The smallest absolute Gasteiger partial charge is 0.240 e. The lowest BCUT2D eigenvalue weighted by molar-refractivity contribution is -0.132. The molecule has 2 rings (SSSR count). The lowest BCUT2D eigenvalue weighted by Gasteiger charge is -2.35.